The molecule has 0 saturated carbocycles. The van der Waals surface area contributed by atoms with E-state index in [0.717, 1.165) is 16.7 Å². The third-order valence-corrected chi connectivity index (χ3v) is 3.81. The fourth-order valence-corrected chi connectivity index (χ4v) is 3.31. The number of hydrogen-bond donors (Lipinski definition) is 1. The smallest absolute Gasteiger partial charge is 0.137 e. The van der Waals surface area contributed by atoms with Gasteiger partial charge in [0.1, 0.15) is 25.0 Å². The van der Waals surface area contributed by atoms with Crippen LogP contribution in [-0.2, 0) is 5.41 Å². The summed E-state index contributed by atoms with van der Waals surface area (Å²) in [5.41, 5.74) is 1.76. The number of likely N-dealkylation sites (N-methyl/N-ethyl adjacent to an activating group) is 1. The SMILES string of the molecule is CC(C)(C)CC(C)(C)c1ccc(OC[C@@H](O)C[N+](C)(C)C)cc1. The van der Waals surface area contributed by atoms with Crippen LogP contribution in [0.5, 0.6) is 5.75 Å². The van der Waals surface area contributed by atoms with E-state index < -0.39 is 6.10 Å². The molecular formula is C20H36NO2+. The third-order valence-electron chi connectivity index (χ3n) is 3.81. The molecular weight excluding hydrogens is 286 g/mol. The van der Waals surface area contributed by atoms with Gasteiger partial charge in [-0.25, -0.2) is 0 Å². The molecule has 0 aliphatic carbocycles. The molecule has 132 valence electrons. The molecule has 3 heteroatoms. The molecule has 0 spiro atoms. The van der Waals surface area contributed by atoms with Gasteiger partial charge in [-0.2, -0.15) is 0 Å². The molecule has 1 aromatic carbocycles. The van der Waals surface area contributed by atoms with Crippen molar-refractivity contribution >= 4 is 0 Å². The van der Waals surface area contributed by atoms with E-state index in [1.54, 1.807) is 0 Å². The van der Waals surface area contributed by atoms with Crippen LogP contribution < -0.4 is 4.74 Å². The molecule has 0 fully saturated rings. The number of aliphatic hydroxyl groups excluding tert-OH is 1. The first-order chi connectivity index (χ1) is 10.3. The van der Waals surface area contributed by atoms with E-state index >= 15 is 0 Å². The largest absolute Gasteiger partial charge is 0.491 e. The maximum atomic E-state index is 10.0. The number of ether oxygens (including phenoxy) is 1. The van der Waals surface area contributed by atoms with Gasteiger partial charge in [0.25, 0.3) is 0 Å². The molecule has 0 aromatic heterocycles. The van der Waals surface area contributed by atoms with Crippen LogP contribution in [-0.4, -0.2) is 50.0 Å². The lowest BCUT2D eigenvalue weighted by Gasteiger charge is -2.33. The summed E-state index contributed by atoms with van der Waals surface area (Å²) in [4.78, 5) is 0. The molecule has 0 heterocycles. The first-order valence-electron chi connectivity index (χ1n) is 8.50. The maximum absolute atomic E-state index is 10.0. The van der Waals surface area contributed by atoms with Crippen molar-refractivity contribution in [3.05, 3.63) is 29.8 Å². The van der Waals surface area contributed by atoms with Crippen molar-refractivity contribution in [3.63, 3.8) is 0 Å². The fraction of sp³-hybridized carbons (Fsp3) is 0.700. The summed E-state index contributed by atoms with van der Waals surface area (Å²) in [6, 6.07) is 8.32. The second-order valence-electron chi connectivity index (χ2n) is 9.58. The summed E-state index contributed by atoms with van der Waals surface area (Å²) in [5.74, 6) is 0.820. The molecule has 3 nitrogen and oxygen atoms in total. The number of quaternary nitrogens is 1. The Labute approximate surface area is 142 Å². The van der Waals surface area contributed by atoms with Crippen LogP contribution in [0.3, 0.4) is 0 Å². The summed E-state index contributed by atoms with van der Waals surface area (Å²) < 4.78 is 6.45. The zero-order valence-corrected chi connectivity index (χ0v) is 16.3. The highest BCUT2D eigenvalue weighted by molar-refractivity contribution is 5.31. The summed E-state index contributed by atoms with van der Waals surface area (Å²) in [5, 5.41) is 10.0. The van der Waals surface area contributed by atoms with Crippen LogP contribution in [0.2, 0.25) is 0 Å². The molecule has 0 aliphatic rings. The number of rotatable bonds is 7. The third kappa shape index (κ3) is 7.85. The number of aliphatic hydroxyl groups is 1. The highest BCUT2D eigenvalue weighted by Gasteiger charge is 2.27. The zero-order chi connectivity index (χ0) is 17.9. The molecule has 1 N–H and O–H groups in total. The van der Waals surface area contributed by atoms with E-state index in [4.69, 9.17) is 4.74 Å². The minimum atomic E-state index is -0.452. The zero-order valence-electron chi connectivity index (χ0n) is 16.3. The van der Waals surface area contributed by atoms with Crippen LogP contribution in [0, 0.1) is 5.41 Å². The molecule has 1 aromatic rings. The average Bonchev–Trinajstić information content (AvgIpc) is 2.32. The van der Waals surface area contributed by atoms with Gasteiger partial charge in [-0.3, -0.25) is 0 Å². The number of benzene rings is 1. The van der Waals surface area contributed by atoms with Crippen molar-refractivity contribution in [2.75, 3.05) is 34.3 Å². The maximum Gasteiger partial charge on any atom is 0.137 e. The van der Waals surface area contributed by atoms with Gasteiger partial charge in [0.2, 0.25) is 0 Å². The van der Waals surface area contributed by atoms with Gasteiger partial charge in [0.15, 0.2) is 0 Å². The van der Waals surface area contributed by atoms with Gasteiger partial charge < -0.3 is 14.3 Å². The number of hydrogen-bond acceptors (Lipinski definition) is 2. The lowest BCUT2D eigenvalue weighted by atomic mass is 9.72. The second kappa shape index (κ2) is 7.23. The highest BCUT2D eigenvalue weighted by atomic mass is 16.5. The Kier molecular flexibility index (Phi) is 6.28. The van der Waals surface area contributed by atoms with E-state index in [-0.39, 0.29) is 5.41 Å². The first-order valence-corrected chi connectivity index (χ1v) is 8.50. The predicted molar refractivity (Wildman–Crippen MR) is 97.9 cm³/mol. The van der Waals surface area contributed by atoms with E-state index in [1.807, 2.05) is 12.1 Å². The topological polar surface area (TPSA) is 29.5 Å². The van der Waals surface area contributed by atoms with Crippen molar-refractivity contribution in [2.45, 2.75) is 52.6 Å². The van der Waals surface area contributed by atoms with E-state index in [9.17, 15) is 5.11 Å². The molecule has 1 rings (SSSR count). The Hall–Kier alpha value is -1.06. The van der Waals surface area contributed by atoms with Crippen LogP contribution in [0.15, 0.2) is 24.3 Å². The Morgan fingerprint density at radius 1 is 1.00 bits per heavy atom. The Morgan fingerprint density at radius 2 is 1.52 bits per heavy atom. The minimum Gasteiger partial charge on any atom is -0.491 e. The second-order valence-corrected chi connectivity index (χ2v) is 9.58. The van der Waals surface area contributed by atoms with E-state index in [0.29, 0.717) is 18.6 Å². The minimum absolute atomic E-state index is 0.139. The lowest BCUT2D eigenvalue weighted by Crippen LogP contribution is -2.43. The van der Waals surface area contributed by atoms with Gasteiger partial charge >= 0.3 is 0 Å². The van der Waals surface area contributed by atoms with E-state index in [1.165, 1.54) is 5.56 Å². The first kappa shape index (κ1) is 20.0. The van der Waals surface area contributed by atoms with Crippen molar-refractivity contribution < 1.29 is 14.3 Å². The Bertz CT molecular complexity index is 478. The monoisotopic (exact) mass is 322 g/mol. The fourth-order valence-electron chi connectivity index (χ4n) is 3.31. The van der Waals surface area contributed by atoms with Gasteiger partial charge in [0.05, 0.1) is 21.1 Å². The summed E-state index contributed by atoms with van der Waals surface area (Å²) in [7, 11) is 6.19. The predicted octanol–water partition coefficient (Wildman–Crippen LogP) is 3.85. The quantitative estimate of drug-likeness (QED) is 0.773. The molecule has 0 saturated heterocycles. The molecule has 0 amide bonds. The van der Waals surface area contributed by atoms with Crippen LogP contribution >= 0.6 is 0 Å². The number of nitrogens with zero attached hydrogens (tertiary/aromatic N) is 1. The summed E-state index contributed by atoms with van der Waals surface area (Å²) >= 11 is 0. The molecule has 0 radical (unpaired) electrons. The van der Waals surface area contributed by atoms with Gasteiger partial charge in [-0.15, -0.1) is 0 Å². The summed E-state index contributed by atoms with van der Waals surface area (Å²) in [6.07, 6.45) is 0.676. The lowest BCUT2D eigenvalue weighted by molar-refractivity contribution is -0.873. The van der Waals surface area contributed by atoms with Crippen LogP contribution in [0.4, 0.5) is 0 Å². The van der Waals surface area contributed by atoms with Gasteiger partial charge in [0, 0.05) is 0 Å². The molecule has 0 aliphatic heterocycles. The summed E-state index contributed by atoms with van der Waals surface area (Å²) in [6.45, 7) is 12.4. The molecule has 0 bridgehead atoms. The van der Waals surface area contributed by atoms with E-state index in [2.05, 4.69) is 67.9 Å². The molecule has 1 atom stereocenters. The normalized spacial score (nSPS) is 14.7. The van der Waals surface area contributed by atoms with Crippen molar-refractivity contribution in [3.8, 4) is 5.75 Å². The Morgan fingerprint density at radius 3 is 1.96 bits per heavy atom. The average molecular weight is 323 g/mol. The van der Waals surface area contributed by atoms with Gasteiger partial charge in [-0.1, -0.05) is 46.8 Å². The van der Waals surface area contributed by atoms with Crippen LogP contribution in [0.25, 0.3) is 0 Å². The highest BCUT2D eigenvalue weighted by Crippen LogP contribution is 2.36. The molecule has 23 heavy (non-hydrogen) atoms. The van der Waals surface area contributed by atoms with Crippen LogP contribution in [0.1, 0.15) is 46.6 Å². The molecule has 0 unspecified atom stereocenters. The standard InChI is InChI=1S/C20H36NO2/c1-19(2,3)15-20(4,5)16-9-11-18(12-10-16)23-14-17(22)13-21(6,7)8/h9-12,17,22H,13-15H2,1-8H3/q+1/t17-/m0/s1. The van der Waals surface area contributed by atoms with Crippen molar-refractivity contribution in [1.82, 2.24) is 0 Å². The van der Waals surface area contributed by atoms with Crippen molar-refractivity contribution in [1.29, 1.82) is 0 Å². The van der Waals surface area contributed by atoms with Crippen molar-refractivity contribution in [2.24, 2.45) is 5.41 Å². The Balaban J connectivity index is 2.63. The van der Waals surface area contributed by atoms with Gasteiger partial charge in [-0.05, 0) is 34.9 Å².